The number of aliphatic hydroxyl groups excluding tert-OH is 1. The van der Waals surface area contributed by atoms with Gasteiger partial charge in [0.25, 0.3) is 0 Å². The van der Waals surface area contributed by atoms with Crippen LogP contribution in [0.25, 0.3) is 0 Å². The topological polar surface area (TPSA) is 79.2 Å². The van der Waals surface area contributed by atoms with E-state index in [-0.39, 0.29) is 12.1 Å². The second kappa shape index (κ2) is 7.28. The second-order valence-corrected chi connectivity index (χ2v) is 5.65. The number of nitrogens with one attached hydrogen (secondary N) is 2. The standard InChI is InChI=1S/C14H24N4O2/c1-11(10-18-8-4-7-16-18)9-15-14(20)17-12-5-2-3-6-13(12)19/h4,7-8,11-13,19H,2-3,5-6,9-10H2,1H3,(H2,15,17,20). The third-order valence-corrected chi connectivity index (χ3v) is 3.71. The zero-order chi connectivity index (χ0) is 14.4. The Hall–Kier alpha value is -1.56. The molecule has 0 aliphatic heterocycles. The maximum absolute atomic E-state index is 11.8. The maximum Gasteiger partial charge on any atom is 0.315 e. The van der Waals surface area contributed by atoms with Crippen LogP contribution < -0.4 is 10.6 Å². The van der Waals surface area contributed by atoms with Crippen LogP contribution in [0.1, 0.15) is 32.6 Å². The molecule has 0 radical (unpaired) electrons. The average Bonchev–Trinajstić information content (AvgIpc) is 2.92. The third kappa shape index (κ3) is 4.52. The molecule has 112 valence electrons. The van der Waals surface area contributed by atoms with E-state index >= 15 is 0 Å². The predicted molar refractivity (Wildman–Crippen MR) is 76.2 cm³/mol. The van der Waals surface area contributed by atoms with Crippen molar-refractivity contribution < 1.29 is 9.90 Å². The minimum absolute atomic E-state index is 0.106. The molecule has 1 aromatic heterocycles. The van der Waals surface area contributed by atoms with E-state index in [0.717, 1.165) is 32.2 Å². The summed E-state index contributed by atoms with van der Waals surface area (Å²) in [4.78, 5) is 11.8. The fourth-order valence-corrected chi connectivity index (χ4v) is 2.56. The summed E-state index contributed by atoms with van der Waals surface area (Å²) in [7, 11) is 0. The number of hydrogen-bond acceptors (Lipinski definition) is 3. The van der Waals surface area contributed by atoms with Crippen molar-refractivity contribution in [2.45, 2.75) is 51.3 Å². The van der Waals surface area contributed by atoms with Gasteiger partial charge in [-0.15, -0.1) is 0 Å². The van der Waals surface area contributed by atoms with Crippen molar-refractivity contribution in [3.63, 3.8) is 0 Å². The van der Waals surface area contributed by atoms with Crippen molar-refractivity contribution in [2.75, 3.05) is 6.54 Å². The van der Waals surface area contributed by atoms with E-state index in [4.69, 9.17) is 0 Å². The van der Waals surface area contributed by atoms with Crippen molar-refractivity contribution in [2.24, 2.45) is 5.92 Å². The lowest BCUT2D eigenvalue weighted by Gasteiger charge is -2.28. The van der Waals surface area contributed by atoms with Crippen LogP contribution in [0.3, 0.4) is 0 Å². The van der Waals surface area contributed by atoms with E-state index < -0.39 is 6.10 Å². The minimum Gasteiger partial charge on any atom is -0.391 e. The largest absolute Gasteiger partial charge is 0.391 e. The zero-order valence-corrected chi connectivity index (χ0v) is 12.0. The summed E-state index contributed by atoms with van der Waals surface area (Å²) >= 11 is 0. The van der Waals surface area contributed by atoms with E-state index in [9.17, 15) is 9.90 Å². The fourth-order valence-electron chi connectivity index (χ4n) is 2.56. The molecule has 1 aliphatic carbocycles. The molecule has 2 rings (SSSR count). The van der Waals surface area contributed by atoms with Gasteiger partial charge in [-0.05, 0) is 24.8 Å². The summed E-state index contributed by atoms with van der Waals surface area (Å²) in [6.07, 6.45) is 7.00. The molecule has 6 nitrogen and oxygen atoms in total. The van der Waals surface area contributed by atoms with Gasteiger partial charge in [-0.2, -0.15) is 5.10 Å². The van der Waals surface area contributed by atoms with Crippen LogP contribution in [0.2, 0.25) is 0 Å². The molecule has 0 aromatic carbocycles. The molecule has 3 unspecified atom stereocenters. The first-order chi connectivity index (χ1) is 9.65. The third-order valence-electron chi connectivity index (χ3n) is 3.71. The van der Waals surface area contributed by atoms with Crippen LogP contribution in [0.5, 0.6) is 0 Å². The van der Waals surface area contributed by atoms with Gasteiger partial charge in [-0.25, -0.2) is 4.79 Å². The van der Waals surface area contributed by atoms with Crippen LogP contribution in [0.4, 0.5) is 4.79 Å². The molecular formula is C14H24N4O2. The lowest BCUT2D eigenvalue weighted by atomic mass is 9.93. The Morgan fingerprint density at radius 1 is 1.50 bits per heavy atom. The highest BCUT2D eigenvalue weighted by molar-refractivity contribution is 5.74. The summed E-state index contributed by atoms with van der Waals surface area (Å²) in [6, 6.07) is 1.59. The molecule has 20 heavy (non-hydrogen) atoms. The number of hydrogen-bond donors (Lipinski definition) is 3. The Kier molecular flexibility index (Phi) is 5.40. The lowest BCUT2D eigenvalue weighted by molar-refractivity contribution is 0.0942. The van der Waals surface area contributed by atoms with Crippen LogP contribution >= 0.6 is 0 Å². The van der Waals surface area contributed by atoms with E-state index in [1.165, 1.54) is 0 Å². The first-order valence-electron chi connectivity index (χ1n) is 7.35. The maximum atomic E-state index is 11.8. The molecule has 1 aliphatic rings. The summed E-state index contributed by atoms with van der Waals surface area (Å²) in [5, 5.41) is 19.7. The SMILES string of the molecule is CC(CNC(=O)NC1CCCCC1O)Cn1cccn1. The quantitative estimate of drug-likeness (QED) is 0.756. The number of urea groups is 1. The van der Waals surface area contributed by atoms with Crippen molar-refractivity contribution in [3.05, 3.63) is 18.5 Å². The first-order valence-corrected chi connectivity index (χ1v) is 7.35. The fraction of sp³-hybridized carbons (Fsp3) is 0.714. The highest BCUT2D eigenvalue weighted by Gasteiger charge is 2.24. The molecule has 3 N–H and O–H groups in total. The molecule has 1 heterocycles. The van der Waals surface area contributed by atoms with Gasteiger partial charge in [0.1, 0.15) is 0 Å². The van der Waals surface area contributed by atoms with Gasteiger partial charge in [0.05, 0.1) is 12.1 Å². The Bertz CT molecular complexity index is 407. The van der Waals surface area contributed by atoms with Crippen LogP contribution in [0.15, 0.2) is 18.5 Å². The lowest BCUT2D eigenvalue weighted by Crippen LogP contribution is -2.49. The summed E-state index contributed by atoms with van der Waals surface area (Å²) in [5.41, 5.74) is 0. The first kappa shape index (κ1) is 14.8. The number of aliphatic hydroxyl groups is 1. The van der Waals surface area contributed by atoms with Crippen molar-refractivity contribution >= 4 is 6.03 Å². The van der Waals surface area contributed by atoms with Gasteiger partial charge in [-0.3, -0.25) is 4.68 Å². The van der Waals surface area contributed by atoms with Crippen LogP contribution in [-0.4, -0.2) is 39.6 Å². The molecule has 0 bridgehead atoms. The predicted octanol–water partition coefficient (Wildman–Crippen LogP) is 1.12. The van der Waals surface area contributed by atoms with Gasteiger partial charge in [0, 0.05) is 25.5 Å². The number of amides is 2. The summed E-state index contributed by atoms with van der Waals surface area (Å²) in [5.74, 6) is 0.303. The number of nitrogens with zero attached hydrogens (tertiary/aromatic N) is 2. The summed E-state index contributed by atoms with van der Waals surface area (Å²) in [6.45, 7) is 3.44. The van der Waals surface area contributed by atoms with Gasteiger partial charge in [0.2, 0.25) is 0 Å². The zero-order valence-electron chi connectivity index (χ0n) is 12.0. The molecule has 0 saturated heterocycles. The molecule has 6 heteroatoms. The normalized spacial score (nSPS) is 24.1. The molecule has 1 saturated carbocycles. The van der Waals surface area contributed by atoms with E-state index in [1.54, 1.807) is 6.20 Å². The Labute approximate surface area is 119 Å². The molecule has 0 spiro atoms. The Morgan fingerprint density at radius 3 is 3.00 bits per heavy atom. The van der Waals surface area contributed by atoms with Crippen LogP contribution in [-0.2, 0) is 6.54 Å². The highest BCUT2D eigenvalue weighted by atomic mass is 16.3. The smallest absolute Gasteiger partial charge is 0.315 e. The highest BCUT2D eigenvalue weighted by Crippen LogP contribution is 2.18. The number of carbonyl (C=O) groups is 1. The molecule has 1 fully saturated rings. The summed E-state index contributed by atoms with van der Waals surface area (Å²) < 4.78 is 1.86. The van der Waals surface area contributed by atoms with E-state index in [0.29, 0.717) is 12.5 Å². The molecule has 1 aromatic rings. The number of rotatable bonds is 5. The second-order valence-electron chi connectivity index (χ2n) is 5.65. The molecular weight excluding hydrogens is 256 g/mol. The van der Waals surface area contributed by atoms with Gasteiger partial charge >= 0.3 is 6.03 Å². The molecule has 3 atom stereocenters. The average molecular weight is 280 g/mol. The number of aromatic nitrogens is 2. The minimum atomic E-state index is -0.406. The van der Waals surface area contributed by atoms with E-state index in [2.05, 4.69) is 22.7 Å². The van der Waals surface area contributed by atoms with E-state index in [1.807, 2.05) is 16.9 Å². The van der Waals surface area contributed by atoms with Gasteiger partial charge < -0.3 is 15.7 Å². The van der Waals surface area contributed by atoms with Crippen molar-refractivity contribution in [1.29, 1.82) is 0 Å². The molecule has 2 amide bonds. The van der Waals surface area contributed by atoms with Gasteiger partial charge in [-0.1, -0.05) is 19.8 Å². The van der Waals surface area contributed by atoms with Crippen molar-refractivity contribution in [3.8, 4) is 0 Å². The number of carbonyl (C=O) groups excluding carboxylic acids is 1. The Balaban J connectivity index is 1.66. The monoisotopic (exact) mass is 280 g/mol. The van der Waals surface area contributed by atoms with Gasteiger partial charge in [0.15, 0.2) is 0 Å². The Morgan fingerprint density at radius 2 is 2.30 bits per heavy atom. The van der Waals surface area contributed by atoms with Crippen molar-refractivity contribution in [1.82, 2.24) is 20.4 Å². The van der Waals surface area contributed by atoms with Crippen LogP contribution in [0, 0.1) is 5.92 Å².